The molecule has 0 aromatic carbocycles. The van der Waals surface area contributed by atoms with Gasteiger partial charge >= 0.3 is 11.8 Å². The molecule has 2 heterocycles. The van der Waals surface area contributed by atoms with Gasteiger partial charge in [0.05, 0.1) is 24.0 Å². The number of hydrogen-bond acceptors (Lipinski definition) is 1. The zero-order valence-electron chi connectivity index (χ0n) is 6.38. The van der Waals surface area contributed by atoms with E-state index in [9.17, 15) is 17.6 Å². The molecule has 1 saturated heterocycles. The Morgan fingerprint density at radius 3 is 1.62 bits per heavy atom. The molecule has 0 amide bonds. The largest absolute Gasteiger partial charge is 0.366 e. The van der Waals surface area contributed by atoms with Crippen molar-refractivity contribution in [2.24, 2.45) is 11.8 Å². The third-order valence-corrected chi connectivity index (χ3v) is 3.18. The normalized spacial score (nSPS) is 53.2. The average Bonchev–Trinajstić information content (AvgIpc) is 2.60. The average molecular weight is 194 g/mol. The Hall–Kier alpha value is -0.580. The van der Waals surface area contributed by atoms with Gasteiger partial charge in [-0.25, -0.2) is 0 Å². The van der Waals surface area contributed by atoms with Gasteiger partial charge in [0.2, 0.25) is 0 Å². The summed E-state index contributed by atoms with van der Waals surface area (Å²) < 4.78 is 56.4. The number of halogens is 4. The highest BCUT2D eigenvalue weighted by Gasteiger charge is 2.84. The van der Waals surface area contributed by atoms with Crippen LogP contribution in [0, 0.1) is 11.8 Å². The molecule has 0 aromatic heterocycles. The molecule has 72 valence electrons. The summed E-state index contributed by atoms with van der Waals surface area (Å²) >= 11 is 0. The molecule has 0 aromatic rings. The molecule has 2 fully saturated rings. The van der Waals surface area contributed by atoms with Crippen LogP contribution in [-0.2, 0) is 4.74 Å². The van der Waals surface area contributed by atoms with E-state index in [0.29, 0.717) is 0 Å². The van der Waals surface area contributed by atoms with E-state index in [0.717, 1.165) is 0 Å². The van der Waals surface area contributed by atoms with Crippen LogP contribution in [-0.4, -0.2) is 24.1 Å². The van der Waals surface area contributed by atoms with Crippen molar-refractivity contribution in [3.63, 3.8) is 0 Å². The van der Waals surface area contributed by atoms with E-state index in [4.69, 9.17) is 4.74 Å². The number of ether oxygens (including phenoxy) is 1. The van der Waals surface area contributed by atoms with Gasteiger partial charge < -0.3 is 4.74 Å². The number of rotatable bonds is 0. The molecule has 0 spiro atoms. The van der Waals surface area contributed by atoms with Crippen molar-refractivity contribution < 1.29 is 22.3 Å². The van der Waals surface area contributed by atoms with Gasteiger partial charge in [-0.2, -0.15) is 17.6 Å². The van der Waals surface area contributed by atoms with Crippen LogP contribution >= 0.6 is 0 Å². The van der Waals surface area contributed by atoms with Crippen molar-refractivity contribution in [1.29, 1.82) is 0 Å². The van der Waals surface area contributed by atoms with E-state index in [1.807, 2.05) is 0 Å². The molecule has 5 heteroatoms. The molecule has 3 rings (SSSR count). The second kappa shape index (κ2) is 1.78. The van der Waals surface area contributed by atoms with Gasteiger partial charge in [0.15, 0.2) is 0 Å². The van der Waals surface area contributed by atoms with Crippen molar-refractivity contribution in [3.05, 3.63) is 12.2 Å². The molecule has 2 bridgehead atoms. The van der Waals surface area contributed by atoms with Crippen LogP contribution in [0.2, 0.25) is 0 Å². The lowest BCUT2D eigenvalue weighted by atomic mass is 9.61. The minimum Gasteiger partial charge on any atom is -0.366 e. The van der Waals surface area contributed by atoms with Crippen LogP contribution in [0.25, 0.3) is 0 Å². The molecular formula is C8H6F4O. The predicted molar refractivity (Wildman–Crippen MR) is 34.7 cm³/mol. The first-order chi connectivity index (χ1) is 5.96. The standard InChI is InChI=1S/C8H6F4O/c9-7(10)5-3-1-2-4(13-3)6(5)8(7,11)12/h1-6H/t3-,4-,5-,6+/m0/s1. The minimum atomic E-state index is -3.89. The first-order valence-electron chi connectivity index (χ1n) is 4.05. The molecule has 0 unspecified atom stereocenters. The molecule has 0 N–H and O–H groups in total. The molecule has 4 atom stereocenters. The molecule has 1 nitrogen and oxygen atoms in total. The summed E-state index contributed by atoms with van der Waals surface area (Å²) in [5.74, 6) is -10.4. The van der Waals surface area contributed by atoms with Crippen LogP contribution in [0.3, 0.4) is 0 Å². The SMILES string of the molecule is FC1(F)[C@@H]2[C@@H]([C@@H]3C=C[C@@H]2O3)C1(F)F. The summed E-state index contributed by atoms with van der Waals surface area (Å²) in [4.78, 5) is 0. The van der Waals surface area contributed by atoms with Gasteiger partial charge in [-0.05, 0) is 0 Å². The molecule has 13 heavy (non-hydrogen) atoms. The fraction of sp³-hybridized carbons (Fsp3) is 0.750. The summed E-state index contributed by atoms with van der Waals surface area (Å²) in [6.07, 6.45) is 1.30. The van der Waals surface area contributed by atoms with Gasteiger partial charge in [-0.3, -0.25) is 0 Å². The van der Waals surface area contributed by atoms with Crippen molar-refractivity contribution in [3.8, 4) is 0 Å². The Balaban J connectivity index is 2.04. The summed E-state index contributed by atoms with van der Waals surface area (Å²) in [7, 11) is 0. The van der Waals surface area contributed by atoms with Crippen LogP contribution < -0.4 is 0 Å². The van der Waals surface area contributed by atoms with Gasteiger partial charge in [0.1, 0.15) is 0 Å². The third-order valence-electron chi connectivity index (χ3n) is 3.18. The Morgan fingerprint density at radius 1 is 0.846 bits per heavy atom. The lowest BCUT2D eigenvalue weighted by Crippen LogP contribution is -2.69. The Labute approximate surface area is 71.4 Å². The van der Waals surface area contributed by atoms with E-state index in [2.05, 4.69) is 0 Å². The van der Waals surface area contributed by atoms with E-state index in [-0.39, 0.29) is 0 Å². The molecule has 3 aliphatic rings. The lowest BCUT2D eigenvalue weighted by Gasteiger charge is -2.49. The van der Waals surface area contributed by atoms with Crippen LogP contribution in [0.1, 0.15) is 0 Å². The van der Waals surface area contributed by atoms with Crippen molar-refractivity contribution in [1.82, 2.24) is 0 Å². The highest BCUT2D eigenvalue weighted by Crippen LogP contribution is 2.67. The maximum Gasteiger partial charge on any atom is 0.316 e. The van der Waals surface area contributed by atoms with Crippen molar-refractivity contribution >= 4 is 0 Å². The maximum absolute atomic E-state index is 12.9. The maximum atomic E-state index is 12.9. The number of alkyl halides is 4. The highest BCUT2D eigenvalue weighted by molar-refractivity contribution is 5.28. The van der Waals surface area contributed by atoms with E-state index in [1.54, 1.807) is 0 Å². The molecular weight excluding hydrogens is 188 g/mol. The van der Waals surface area contributed by atoms with Crippen molar-refractivity contribution in [2.75, 3.05) is 0 Å². The van der Waals surface area contributed by atoms with Gasteiger partial charge in [-0.15, -0.1) is 0 Å². The summed E-state index contributed by atoms with van der Waals surface area (Å²) in [6.45, 7) is 0. The second-order valence-electron chi connectivity index (χ2n) is 3.75. The lowest BCUT2D eigenvalue weighted by molar-refractivity contribution is -0.346. The highest BCUT2D eigenvalue weighted by atomic mass is 19.3. The number of fused-ring (bicyclic) bond motifs is 5. The zero-order valence-corrected chi connectivity index (χ0v) is 6.38. The summed E-state index contributed by atoms with van der Waals surface area (Å²) in [6, 6.07) is 0. The smallest absolute Gasteiger partial charge is 0.316 e. The fourth-order valence-electron chi connectivity index (χ4n) is 2.52. The topological polar surface area (TPSA) is 9.23 Å². The second-order valence-corrected chi connectivity index (χ2v) is 3.75. The molecule has 2 aliphatic heterocycles. The van der Waals surface area contributed by atoms with E-state index in [1.165, 1.54) is 12.2 Å². The van der Waals surface area contributed by atoms with Crippen LogP contribution in [0.4, 0.5) is 17.6 Å². The zero-order chi connectivity index (χ0) is 9.43. The monoisotopic (exact) mass is 194 g/mol. The molecule has 1 aliphatic carbocycles. The van der Waals surface area contributed by atoms with E-state index < -0.39 is 35.9 Å². The van der Waals surface area contributed by atoms with Crippen LogP contribution in [0.15, 0.2) is 12.2 Å². The molecule has 0 radical (unpaired) electrons. The summed E-state index contributed by atoms with van der Waals surface area (Å²) in [5.41, 5.74) is 0. The predicted octanol–water partition coefficient (Wildman–Crippen LogP) is 1.84. The quantitative estimate of drug-likeness (QED) is 0.422. The van der Waals surface area contributed by atoms with Gasteiger partial charge in [0, 0.05) is 0 Å². The van der Waals surface area contributed by atoms with E-state index >= 15 is 0 Å². The molecule has 1 saturated carbocycles. The fourth-order valence-corrected chi connectivity index (χ4v) is 2.52. The summed E-state index contributed by atoms with van der Waals surface area (Å²) in [5, 5.41) is 0. The minimum absolute atomic E-state index is 0.801. The Morgan fingerprint density at radius 2 is 1.23 bits per heavy atom. The van der Waals surface area contributed by atoms with Crippen LogP contribution in [0.5, 0.6) is 0 Å². The van der Waals surface area contributed by atoms with Gasteiger partial charge in [0.25, 0.3) is 0 Å². The van der Waals surface area contributed by atoms with Gasteiger partial charge in [-0.1, -0.05) is 12.2 Å². The van der Waals surface area contributed by atoms with Crippen molar-refractivity contribution in [2.45, 2.75) is 24.1 Å². The number of hydrogen-bond donors (Lipinski definition) is 0. The first-order valence-corrected chi connectivity index (χ1v) is 4.05. The third kappa shape index (κ3) is 0.591. The first kappa shape index (κ1) is 7.79. The Bertz CT molecular complexity index is 271. The Kier molecular flexibility index (Phi) is 1.06.